The molecule has 1 heterocycles. The van der Waals surface area contributed by atoms with Crippen LogP contribution in [0.3, 0.4) is 0 Å². The summed E-state index contributed by atoms with van der Waals surface area (Å²) in [5, 5.41) is 3.69. The van der Waals surface area contributed by atoms with Crippen LogP contribution in [0.5, 0.6) is 0 Å². The minimum atomic E-state index is 0. The highest BCUT2D eigenvalue weighted by molar-refractivity contribution is 5.85. The first-order valence-corrected chi connectivity index (χ1v) is 8.35. The number of nitrogens with zero attached hydrogens (tertiary/aromatic N) is 1. The van der Waals surface area contributed by atoms with Crippen molar-refractivity contribution in [2.45, 2.75) is 51.0 Å². The first-order chi connectivity index (χ1) is 9.33. The molecule has 1 N–H and O–H groups in total. The van der Waals surface area contributed by atoms with E-state index < -0.39 is 0 Å². The summed E-state index contributed by atoms with van der Waals surface area (Å²) in [6.07, 6.45) is 9.19. The second-order valence-electron chi connectivity index (χ2n) is 7.24. The Morgan fingerprint density at radius 1 is 1.00 bits per heavy atom. The number of piperidine rings is 1. The molecule has 3 saturated carbocycles. The SMILES string of the molecule is Cl.O=C(C1C2CCCC21)N1CCC(NCC2CC2)CC1. The average Bonchev–Trinajstić information content (AvgIpc) is 3.35. The van der Waals surface area contributed by atoms with Crippen LogP contribution in [0.25, 0.3) is 0 Å². The van der Waals surface area contributed by atoms with Crippen LogP contribution in [0.2, 0.25) is 0 Å². The molecule has 4 fully saturated rings. The predicted octanol–water partition coefficient (Wildman–Crippen LogP) is 2.44. The van der Waals surface area contributed by atoms with Crippen molar-refractivity contribution in [3.63, 3.8) is 0 Å². The Morgan fingerprint density at radius 3 is 2.25 bits per heavy atom. The van der Waals surface area contributed by atoms with Gasteiger partial charge in [-0.2, -0.15) is 0 Å². The quantitative estimate of drug-likeness (QED) is 0.865. The molecule has 0 aromatic carbocycles. The number of rotatable bonds is 4. The van der Waals surface area contributed by atoms with Gasteiger partial charge in [0.25, 0.3) is 0 Å². The second-order valence-corrected chi connectivity index (χ2v) is 7.24. The van der Waals surface area contributed by atoms with Crippen LogP contribution < -0.4 is 5.32 Å². The molecule has 4 aliphatic rings. The number of likely N-dealkylation sites (tertiary alicyclic amines) is 1. The Morgan fingerprint density at radius 2 is 1.65 bits per heavy atom. The lowest BCUT2D eigenvalue weighted by atomic mass is 10.0. The highest BCUT2D eigenvalue weighted by Gasteiger charge is 2.57. The Hall–Kier alpha value is -0.280. The lowest BCUT2D eigenvalue weighted by molar-refractivity contribution is -0.134. The molecular weight excluding hydrogens is 272 g/mol. The fourth-order valence-corrected chi connectivity index (χ4v) is 4.36. The third kappa shape index (κ3) is 2.85. The molecule has 3 nitrogen and oxygen atoms in total. The molecule has 0 spiro atoms. The van der Waals surface area contributed by atoms with Gasteiger partial charge in [0.2, 0.25) is 5.91 Å². The lowest BCUT2D eigenvalue weighted by Crippen LogP contribution is -2.46. The molecule has 1 amide bonds. The van der Waals surface area contributed by atoms with E-state index in [9.17, 15) is 4.79 Å². The van der Waals surface area contributed by atoms with E-state index in [1.807, 2.05) is 0 Å². The molecule has 20 heavy (non-hydrogen) atoms. The van der Waals surface area contributed by atoms with Crippen molar-refractivity contribution in [1.29, 1.82) is 0 Å². The summed E-state index contributed by atoms with van der Waals surface area (Å²) in [5.74, 6) is 3.45. The number of halogens is 1. The fraction of sp³-hybridized carbons (Fsp3) is 0.938. The Balaban J connectivity index is 0.00000121. The van der Waals surface area contributed by atoms with Crippen molar-refractivity contribution in [1.82, 2.24) is 10.2 Å². The van der Waals surface area contributed by atoms with Crippen molar-refractivity contribution >= 4 is 18.3 Å². The summed E-state index contributed by atoms with van der Waals surface area (Å²) in [4.78, 5) is 14.6. The zero-order chi connectivity index (χ0) is 12.8. The summed E-state index contributed by atoms with van der Waals surface area (Å²) in [6, 6.07) is 0.670. The largest absolute Gasteiger partial charge is 0.342 e. The molecule has 0 radical (unpaired) electrons. The van der Waals surface area contributed by atoms with Crippen LogP contribution in [0.1, 0.15) is 44.9 Å². The summed E-state index contributed by atoms with van der Waals surface area (Å²) < 4.78 is 0. The van der Waals surface area contributed by atoms with Gasteiger partial charge in [0, 0.05) is 25.0 Å². The number of amides is 1. The van der Waals surface area contributed by atoms with E-state index in [-0.39, 0.29) is 12.4 Å². The van der Waals surface area contributed by atoms with Gasteiger partial charge in [0.05, 0.1) is 0 Å². The van der Waals surface area contributed by atoms with Crippen molar-refractivity contribution in [2.24, 2.45) is 23.7 Å². The maximum Gasteiger partial charge on any atom is 0.226 e. The normalized spacial score (nSPS) is 36.4. The maximum atomic E-state index is 12.5. The van der Waals surface area contributed by atoms with Gasteiger partial charge in [-0.3, -0.25) is 4.79 Å². The van der Waals surface area contributed by atoms with Gasteiger partial charge in [0.15, 0.2) is 0 Å². The number of carbonyl (C=O) groups is 1. The van der Waals surface area contributed by atoms with Crippen molar-refractivity contribution in [3.8, 4) is 0 Å². The molecule has 3 aliphatic carbocycles. The van der Waals surface area contributed by atoms with Crippen molar-refractivity contribution in [3.05, 3.63) is 0 Å². The number of carbonyl (C=O) groups excluding carboxylic acids is 1. The highest BCUT2D eigenvalue weighted by atomic mass is 35.5. The topological polar surface area (TPSA) is 32.3 Å². The van der Waals surface area contributed by atoms with Gasteiger partial charge in [-0.05, 0) is 62.8 Å². The maximum absolute atomic E-state index is 12.5. The van der Waals surface area contributed by atoms with Crippen LogP contribution >= 0.6 is 12.4 Å². The van der Waals surface area contributed by atoms with E-state index in [0.29, 0.717) is 17.9 Å². The number of hydrogen-bond donors (Lipinski definition) is 1. The third-order valence-electron chi connectivity index (χ3n) is 5.89. The molecule has 1 aliphatic heterocycles. The minimum Gasteiger partial charge on any atom is -0.342 e. The average molecular weight is 299 g/mol. The van der Waals surface area contributed by atoms with Gasteiger partial charge >= 0.3 is 0 Å². The first kappa shape index (κ1) is 14.6. The molecule has 0 bridgehead atoms. The Bertz CT molecular complexity index is 353. The van der Waals surface area contributed by atoms with E-state index in [1.54, 1.807) is 0 Å². The smallest absolute Gasteiger partial charge is 0.226 e. The van der Waals surface area contributed by atoms with Crippen LogP contribution in [0.15, 0.2) is 0 Å². The van der Waals surface area contributed by atoms with Gasteiger partial charge in [-0.25, -0.2) is 0 Å². The Labute approximate surface area is 128 Å². The zero-order valence-corrected chi connectivity index (χ0v) is 13.0. The number of fused-ring (bicyclic) bond motifs is 1. The van der Waals surface area contributed by atoms with E-state index >= 15 is 0 Å². The molecule has 2 unspecified atom stereocenters. The zero-order valence-electron chi connectivity index (χ0n) is 12.2. The molecule has 2 atom stereocenters. The summed E-state index contributed by atoms with van der Waals surface area (Å²) in [6.45, 7) is 3.21. The number of nitrogens with one attached hydrogen (secondary N) is 1. The lowest BCUT2D eigenvalue weighted by Gasteiger charge is -2.33. The summed E-state index contributed by atoms with van der Waals surface area (Å²) in [5.41, 5.74) is 0. The third-order valence-corrected chi connectivity index (χ3v) is 5.89. The van der Waals surface area contributed by atoms with Crippen LogP contribution in [0, 0.1) is 23.7 Å². The van der Waals surface area contributed by atoms with Gasteiger partial charge in [-0.15, -0.1) is 12.4 Å². The van der Waals surface area contributed by atoms with E-state index in [1.165, 1.54) is 51.5 Å². The van der Waals surface area contributed by atoms with E-state index in [4.69, 9.17) is 0 Å². The monoisotopic (exact) mass is 298 g/mol. The summed E-state index contributed by atoms with van der Waals surface area (Å²) >= 11 is 0. The molecule has 0 aromatic rings. The second kappa shape index (κ2) is 5.84. The first-order valence-electron chi connectivity index (χ1n) is 8.35. The van der Waals surface area contributed by atoms with Gasteiger partial charge in [0.1, 0.15) is 0 Å². The predicted molar refractivity (Wildman–Crippen MR) is 81.9 cm³/mol. The molecule has 4 heteroatoms. The van der Waals surface area contributed by atoms with Crippen molar-refractivity contribution < 1.29 is 4.79 Å². The molecule has 0 aromatic heterocycles. The van der Waals surface area contributed by atoms with E-state index in [0.717, 1.165) is 30.8 Å². The van der Waals surface area contributed by atoms with Gasteiger partial charge < -0.3 is 10.2 Å². The Kier molecular flexibility index (Phi) is 4.28. The highest BCUT2D eigenvalue weighted by Crippen LogP contribution is 2.58. The van der Waals surface area contributed by atoms with Crippen LogP contribution in [0.4, 0.5) is 0 Å². The van der Waals surface area contributed by atoms with Crippen LogP contribution in [-0.2, 0) is 4.79 Å². The molecular formula is C16H27ClN2O. The summed E-state index contributed by atoms with van der Waals surface area (Å²) in [7, 11) is 0. The molecule has 4 rings (SSSR count). The van der Waals surface area contributed by atoms with E-state index in [2.05, 4.69) is 10.2 Å². The molecule has 114 valence electrons. The van der Waals surface area contributed by atoms with Crippen molar-refractivity contribution in [2.75, 3.05) is 19.6 Å². The van der Waals surface area contributed by atoms with Gasteiger partial charge in [-0.1, -0.05) is 6.42 Å². The van der Waals surface area contributed by atoms with Crippen LogP contribution in [-0.4, -0.2) is 36.5 Å². The number of hydrogen-bond acceptors (Lipinski definition) is 2. The minimum absolute atomic E-state index is 0. The fourth-order valence-electron chi connectivity index (χ4n) is 4.36. The standard InChI is InChI=1S/C16H26N2O.ClH/c19-16(15-13-2-1-3-14(13)15)18-8-6-12(7-9-18)17-10-11-4-5-11;/h11-15,17H,1-10H2;1H. The molecule has 1 saturated heterocycles.